The lowest BCUT2D eigenvalue weighted by molar-refractivity contribution is -0.383. The highest BCUT2D eigenvalue weighted by Crippen LogP contribution is 2.24. The number of amides is 2. The Hall–Kier alpha value is -3.42. The molecule has 3 rings (SSSR count). The second-order valence-electron chi connectivity index (χ2n) is 7.60. The predicted molar refractivity (Wildman–Crippen MR) is 119 cm³/mol. The summed E-state index contributed by atoms with van der Waals surface area (Å²) in [6.07, 6.45) is 2.26. The molecule has 8 nitrogen and oxygen atoms in total. The van der Waals surface area contributed by atoms with Crippen molar-refractivity contribution in [3.05, 3.63) is 70.3 Å². The Morgan fingerprint density at radius 1 is 1.10 bits per heavy atom. The van der Waals surface area contributed by atoms with Crippen LogP contribution in [0.5, 0.6) is 0 Å². The van der Waals surface area contributed by atoms with Gasteiger partial charge >= 0.3 is 0 Å². The molecule has 1 heterocycles. The van der Waals surface area contributed by atoms with Crippen LogP contribution >= 0.6 is 0 Å². The minimum atomic E-state index is -0.462. The normalized spacial score (nSPS) is 14.2. The topological polar surface area (TPSA) is 95.8 Å². The molecule has 0 aromatic heterocycles. The quantitative estimate of drug-likeness (QED) is 0.516. The summed E-state index contributed by atoms with van der Waals surface area (Å²) < 4.78 is 0. The average Bonchev–Trinajstić information content (AvgIpc) is 2.81. The van der Waals surface area contributed by atoms with Crippen molar-refractivity contribution in [2.45, 2.75) is 32.2 Å². The Balaban J connectivity index is 1.59. The van der Waals surface area contributed by atoms with Gasteiger partial charge in [-0.2, -0.15) is 0 Å². The molecular formula is C23H28N4O4. The van der Waals surface area contributed by atoms with Gasteiger partial charge in [-0.05, 0) is 37.5 Å². The fourth-order valence-electron chi connectivity index (χ4n) is 3.95. The van der Waals surface area contributed by atoms with Crippen LogP contribution in [0.2, 0.25) is 0 Å². The van der Waals surface area contributed by atoms with Crippen molar-refractivity contribution in [2.75, 3.05) is 31.5 Å². The monoisotopic (exact) mass is 424 g/mol. The average molecular weight is 425 g/mol. The van der Waals surface area contributed by atoms with E-state index in [9.17, 15) is 19.7 Å². The van der Waals surface area contributed by atoms with Gasteiger partial charge in [0, 0.05) is 37.3 Å². The molecule has 0 spiro atoms. The number of nitrogens with one attached hydrogen (secondary N) is 1. The number of hydrogen-bond acceptors (Lipinski definition) is 5. The van der Waals surface area contributed by atoms with Gasteiger partial charge < -0.3 is 15.1 Å². The number of nitro groups is 1. The standard InChI is InChI=1S/C23H28N4O4/c1-2-14-26(22(28)17-24-20-10-6-7-11-21(20)27(30)31)19-12-15-25(16-13-19)23(29)18-8-4-3-5-9-18/h3-11,19,24H,2,12-17H2,1H3. The largest absolute Gasteiger partial charge is 0.371 e. The number of para-hydroxylation sites is 2. The Morgan fingerprint density at radius 2 is 1.74 bits per heavy atom. The van der Waals surface area contributed by atoms with Crippen LogP contribution in [0, 0.1) is 10.1 Å². The molecule has 8 heteroatoms. The second kappa shape index (κ2) is 10.6. The highest BCUT2D eigenvalue weighted by molar-refractivity contribution is 5.94. The van der Waals surface area contributed by atoms with Crippen molar-refractivity contribution in [1.29, 1.82) is 0 Å². The van der Waals surface area contributed by atoms with Gasteiger partial charge in [-0.25, -0.2) is 0 Å². The van der Waals surface area contributed by atoms with Crippen LogP contribution in [0.1, 0.15) is 36.5 Å². The molecule has 0 saturated carbocycles. The number of piperidine rings is 1. The summed E-state index contributed by atoms with van der Waals surface area (Å²) in [5.74, 6) is -0.0710. The predicted octanol–water partition coefficient (Wildman–Crippen LogP) is 3.55. The Bertz CT molecular complexity index is 911. The number of carbonyl (C=O) groups excluding carboxylic acids is 2. The summed E-state index contributed by atoms with van der Waals surface area (Å²) in [6, 6.07) is 15.6. The van der Waals surface area contributed by atoms with Gasteiger partial charge in [0.2, 0.25) is 5.91 Å². The summed E-state index contributed by atoms with van der Waals surface area (Å²) in [6.45, 7) is 3.83. The van der Waals surface area contributed by atoms with E-state index in [-0.39, 0.29) is 30.1 Å². The molecule has 2 aromatic carbocycles. The molecule has 0 aliphatic carbocycles. The first kappa shape index (κ1) is 22.3. The lowest BCUT2D eigenvalue weighted by Crippen LogP contribution is -2.50. The molecule has 2 amide bonds. The fraction of sp³-hybridized carbons (Fsp3) is 0.391. The maximum atomic E-state index is 12.9. The Kier molecular flexibility index (Phi) is 7.59. The molecule has 1 N–H and O–H groups in total. The molecule has 0 atom stereocenters. The van der Waals surface area contributed by atoms with E-state index in [0.29, 0.717) is 30.9 Å². The Labute approximate surface area is 182 Å². The molecule has 0 bridgehead atoms. The maximum absolute atomic E-state index is 12.9. The third-order valence-electron chi connectivity index (χ3n) is 5.53. The third-order valence-corrected chi connectivity index (χ3v) is 5.53. The minimum Gasteiger partial charge on any atom is -0.371 e. The molecule has 31 heavy (non-hydrogen) atoms. The molecule has 0 radical (unpaired) electrons. The van der Waals surface area contributed by atoms with Crippen molar-refractivity contribution < 1.29 is 14.5 Å². The van der Waals surface area contributed by atoms with Crippen molar-refractivity contribution in [3.8, 4) is 0 Å². The van der Waals surface area contributed by atoms with Gasteiger partial charge in [-0.3, -0.25) is 19.7 Å². The van der Waals surface area contributed by atoms with Crippen molar-refractivity contribution in [2.24, 2.45) is 0 Å². The van der Waals surface area contributed by atoms with Crippen molar-refractivity contribution in [1.82, 2.24) is 9.80 Å². The van der Waals surface area contributed by atoms with Gasteiger partial charge in [0.1, 0.15) is 5.69 Å². The van der Waals surface area contributed by atoms with Crippen LogP contribution < -0.4 is 5.32 Å². The van der Waals surface area contributed by atoms with E-state index >= 15 is 0 Å². The van der Waals surface area contributed by atoms with E-state index in [1.807, 2.05) is 47.1 Å². The lowest BCUT2D eigenvalue weighted by Gasteiger charge is -2.38. The van der Waals surface area contributed by atoms with Gasteiger partial charge in [0.25, 0.3) is 11.6 Å². The fourth-order valence-corrected chi connectivity index (χ4v) is 3.95. The van der Waals surface area contributed by atoms with E-state index in [1.165, 1.54) is 6.07 Å². The summed E-state index contributed by atoms with van der Waals surface area (Å²) >= 11 is 0. The SMILES string of the molecule is CCCN(C(=O)CNc1ccccc1[N+](=O)[O-])C1CCN(C(=O)c2ccccc2)CC1. The first-order valence-corrected chi connectivity index (χ1v) is 10.6. The summed E-state index contributed by atoms with van der Waals surface area (Å²) in [7, 11) is 0. The number of anilines is 1. The maximum Gasteiger partial charge on any atom is 0.292 e. The number of likely N-dealkylation sites (tertiary alicyclic amines) is 1. The zero-order valence-corrected chi connectivity index (χ0v) is 17.7. The number of rotatable bonds is 8. The zero-order chi connectivity index (χ0) is 22.2. The number of nitro benzene ring substituents is 1. The van der Waals surface area contributed by atoms with Crippen LogP contribution in [0.4, 0.5) is 11.4 Å². The van der Waals surface area contributed by atoms with Crippen LogP contribution in [-0.4, -0.2) is 58.8 Å². The second-order valence-corrected chi connectivity index (χ2v) is 7.60. The molecule has 1 aliphatic heterocycles. The molecule has 1 fully saturated rings. The van der Waals surface area contributed by atoms with Crippen LogP contribution in [-0.2, 0) is 4.79 Å². The highest BCUT2D eigenvalue weighted by atomic mass is 16.6. The molecule has 2 aromatic rings. The highest BCUT2D eigenvalue weighted by Gasteiger charge is 2.29. The first-order valence-electron chi connectivity index (χ1n) is 10.6. The zero-order valence-electron chi connectivity index (χ0n) is 17.7. The van der Waals surface area contributed by atoms with Gasteiger partial charge in [0.15, 0.2) is 0 Å². The molecular weight excluding hydrogens is 396 g/mol. The van der Waals surface area contributed by atoms with Gasteiger partial charge in [0.05, 0.1) is 11.5 Å². The first-order chi connectivity index (χ1) is 15.0. The van der Waals surface area contributed by atoms with Crippen LogP contribution in [0.3, 0.4) is 0 Å². The summed E-state index contributed by atoms with van der Waals surface area (Å²) in [5, 5.41) is 14.1. The van der Waals surface area contributed by atoms with Crippen LogP contribution in [0.25, 0.3) is 0 Å². The number of benzene rings is 2. The molecule has 1 aliphatic rings. The van der Waals surface area contributed by atoms with E-state index in [0.717, 1.165) is 19.3 Å². The minimum absolute atomic E-state index is 0.00594. The van der Waals surface area contributed by atoms with E-state index < -0.39 is 4.92 Å². The lowest BCUT2D eigenvalue weighted by atomic mass is 10.0. The van der Waals surface area contributed by atoms with Crippen molar-refractivity contribution >= 4 is 23.2 Å². The van der Waals surface area contributed by atoms with E-state index in [1.54, 1.807) is 18.2 Å². The van der Waals surface area contributed by atoms with E-state index in [4.69, 9.17) is 0 Å². The molecule has 1 saturated heterocycles. The smallest absolute Gasteiger partial charge is 0.292 e. The van der Waals surface area contributed by atoms with Gasteiger partial charge in [-0.15, -0.1) is 0 Å². The summed E-state index contributed by atoms with van der Waals surface area (Å²) in [5.41, 5.74) is 0.960. The number of carbonyl (C=O) groups is 2. The van der Waals surface area contributed by atoms with Crippen molar-refractivity contribution in [3.63, 3.8) is 0 Å². The molecule has 164 valence electrons. The summed E-state index contributed by atoms with van der Waals surface area (Å²) in [4.78, 5) is 40.0. The van der Waals surface area contributed by atoms with Crippen LogP contribution in [0.15, 0.2) is 54.6 Å². The van der Waals surface area contributed by atoms with E-state index in [2.05, 4.69) is 5.32 Å². The van der Waals surface area contributed by atoms with Gasteiger partial charge in [-0.1, -0.05) is 37.3 Å². The number of nitrogens with zero attached hydrogens (tertiary/aromatic N) is 3. The third kappa shape index (κ3) is 5.59. The molecule has 0 unspecified atom stereocenters. The Morgan fingerprint density at radius 3 is 2.39 bits per heavy atom. The number of hydrogen-bond donors (Lipinski definition) is 1.